The third-order valence-corrected chi connectivity index (χ3v) is 2.40. The molecule has 0 saturated carbocycles. The van der Waals surface area contributed by atoms with Gasteiger partial charge < -0.3 is 15.0 Å². The Bertz CT molecular complexity index is 412. The van der Waals surface area contributed by atoms with Crippen LogP contribution in [0.4, 0.5) is 0 Å². The number of nitrogens with zero attached hydrogens (tertiary/aromatic N) is 2. The second-order valence-corrected chi connectivity index (χ2v) is 4.02. The summed E-state index contributed by atoms with van der Waals surface area (Å²) in [6.07, 6.45) is 2.04. The van der Waals surface area contributed by atoms with Gasteiger partial charge in [0.1, 0.15) is 0 Å². The molecule has 0 radical (unpaired) electrons. The van der Waals surface area contributed by atoms with Crippen LogP contribution in [0.5, 0.6) is 0 Å². The number of H-pyrrole nitrogens is 1. The molecule has 1 heterocycles. The van der Waals surface area contributed by atoms with Gasteiger partial charge in [-0.25, -0.2) is 9.78 Å². The van der Waals surface area contributed by atoms with Gasteiger partial charge in [0.25, 0.3) is 5.91 Å². The zero-order chi connectivity index (χ0) is 13.0. The summed E-state index contributed by atoms with van der Waals surface area (Å²) in [6, 6.07) is 0.0146. The Balaban J connectivity index is 3.01. The number of aromatic nitrogens is 2. The summed E-state index contributed by atoms with van der Waals surface area (Å²) in [5.74, 6) is -1.52. The Kier molecular flexibility index (Phi) is 4.25. The number of aromatic carboxylic acids is 1. The van der Waals surface area contributed by atoms with E-state index in [1.807, 2.05) is 20.8 Å². The zero-order valence-corrected chi connectivity index (χ0v) is 10.2. The van der Waals surface area contributed by atoms with Crippen LogP contribution in [-0.2, 0) is 0 Å². The smallest absolute Gasteiger partial charge is 0.354 e. The van der Waals surface area contributed by atoms with Crippen molar-refractivity contribution in [3.63, 3.8) is 0 Å². The Labute approximate surface area is 99.7 Å². The van der Waals surface area contributed by atoms with Gasteiger partial charge in [-0.2, -0.15) is 0 Å². The maximum Gasteiger partial charge on any atom is 0.354 e. The van der Waals surface area contributed by atoms with E-state index in [1.165, 1.54) is 6.33 Å². The van der Waals surface area contributed by atoms with Gasteiger partial charge in [0.2, 0.25) is 0 Å². The molecule has 0 unspecified atom stereocenters. The van der Waals surface area contributed by atoms with Crippen molar-refractivity contribution in [2.24, 2.45) is 0 Å². The van der Waals surface area contributed by atoms with Crippen LogP contribution < -0.4 is 0 Å². The normalized spacial score (nSPS) is 10.6. The lowest BCUT2D eigenvalue weighted by Gasteiger charge is -2.25. The minimum Gasteiger partial charge on any atom is -0.477 e. The second kappa shape index (κ2) is 5.47. The van der Waals surface area contributed by atoms with Crippen molar-refractivity contribution in [2.45, 2.75) is 33.2 Å². The quantitative estimate of drug-likeness (QED) is 0.812. The highest BCUT2D eigenvalue weighted by Crippen LogP contribution is 2.10. The van der Waals surface area contributed by atoms with Crippen molar-refractivity contribution in [2.75, 3.05) is 6.54 Å². The molecule has 94 valence electrons. The van der Waals surface area contributed by atoms with Crippen molar-refractivity contribution >= 4 is 11.9 Å². The van der Waals surface area contributed by atoms with Crippen LogP contribution >= 0.6 is 0 Å². The molecule has 17 heavy (non-hydrogen) atoms. The molecule has 1 rings (SSSR count). The molecule has 1 amide bonds. The monoisotopic (exact) mass is 239 g/mol. The van der Waals surface area contributed by atoms with E-state index < -0.39 is 5.97 Å². The van der Waals surface area contributed by atoms with E-state index in [0.29, 0.717) is 6.54 Å². The molecule has 0 atom stereocenters. The maximum absolute atomic E-state index is 12.1. The first-order valence-electron chi connectivity index (χ1n) is 5.56. The van der Waals surface area contributed by atoms with Crippen molar-refractivity contribution in [3.8, 4) is 0 Å². The lowest BCUT2D eigenvalue weighted by molar-refractivity contribution is 0.0651. The van der Waals surface area contributed by atoms with Crippen molar-refractivity contribution in [3.05, 3.63) is 17.7 Å². The number of aromatic amines is 1. The van der Waals surface area contributed by atoms with E-state index in [9.17, 15) is 9.59 Å². The highest BCUT2D eigenvalue weighted by Gasteiger charge is 2.25. The van der Waals surface area contributed by atoms with E-state index in [1.54, 1.807) is 4.90 Å². The van der Waals surface area contributed by atoms with Gasteiger partial charge in [-0.05, 0) is 20.3 Å². The van der Waals surface area contributed by atoms with E-state index in [0.717, 1.165) is 6.42 Å². The molecule has 2 N–H and O–H groups in total. The Morgan fingerprint density at radius 3 is 2.65 bits per heavy atom. The van der Waals surface area contributed by atoms with Crippen LogP contribution in [0, 0.1) is 0 Å². The highest BCUT2D eigenvalue weighted by molar-refractivity contribution is 6.02. The standard InChI is InChI=1S/C11H17N3O3/c1-4-5-14(7(2)3)10(15)8-9(11(16)17)13-6-12-8/h6-7H,4-5H2,1-3H3,(H,12,13)(H,16,17). The van der Waals surface area contributed by atoms with E-state index >= 15 is 0 Å². The van der Waals surface area contributed by atoms with Gasteiger partial charge in [0, 0.05) is 12.6 Å². The molecule has 1 aromatic heterocycles. The fraction of sp³-hybridized carbons (Fsp3) is 0.545. The predicted octanol–water partition coefficient (Wildman–Crippen LogP) is 1.37. The number of rotatable bonds is 5. The van der Waals surface area contributed by atoms with Gasteiger partial charge in [-0.1, -0.05) is 6.92 Å². The van der Waals surface area contributed by atoms with Crippen LogP contribution in [-0.4, -0.2) is 44.4 Å². The van der Waals surface area contributed by atoms with Gasteiger partial charge >= 0.3 is 5.97 Å². The average molecular weight is 239 g/mol. The molecule has 0 aliphatic rings. The number of carbonyl (C=O) groups excluding carboxylic acids is 1. The molecule has 0 fully saturated rings. The third kappa shape index (κ3) is 2.83. The van der Waals surface area contributed by atoms with E-state index in [4.69, 9.17) is 5.11 Å². The minimum absolute atomic E-state index is 0.0146. The van der Waals surface area contributed by atoms with E-state index in [-0.39, 0.29) is 23.3 Å². The number of amides is 1. The molecule has 0 aliphatic heterocycles. The third-order valence-electron chi connectivity index (χ3n) is 2.40. The summed E-state index contributed by atoms with van der Waals surface area (Å²) in [7, 11) is 0. The molecule has 0 aromatic carbocycles. The largest absolute Gasteiger partial charge is 0.477 e. The van der Waals surface area contributed by atoms with Crippen molar-refractivity contribution in [1.82, 2.24) is 14.9 Å². The first-order chi connectivity index (χ1) is 7.99. The highest BCUT2D eigenvalue weighted by atomic mass is 16.4. The summed E-state index contributed by atoms with van der Waals surface area (Å²) in [6.45, 7) is 6.33. The summed E-state index contributed by atoms with van der Waals surface area (Å²) in [5.41, 5.74) is -0.184. The molecule has 6 nitrogen and oxygen atoms in total. The average Bonchev–Trinajstić information content (AvgIpc) is 2.73. The number of hydrogen-bond acceptors (Lipinski definition) is 3. The zero-order valence-electron chi connectivity index (χ0n) is 10.2. The first kappa shape index (κ1) is 13.2. The van der Waals surface area contributed by atoms with Crippen LogP contribution in [0.1, 0.15) is 48.2 Å². The molecule has 0 saturated heterocycles. The van der Waals surface area contributed by atoms with Crippen LogP contribution in [0.3, 0.4) is 0 Å². The topological polar surface area (TPSA) is 86.3 Å². The summed E-state index contributed by atoms with van der Waals surface area (Å²) in [5, 5.41) is 8.91. The number of carboxylic acids is 1. The molecule has 0 spiro atoms. The molecule has 1 aromatic rings. The predicted molar refractivity (Wildman–Crippen MR) is 62.0 cm³/mol. The fourth-order valence-corrected chi connectivity index (χ4v) is 1.59. The summed E-state index contributed by atoms with van der Waals surface area (Å²) < 4.78 is 0. The molecular formula is C11H17N3O3. The Morgan fingerprint density at radius 2 is 2.18 bits per heavy atom. The number of hydrogen-bond donors (Lipinski definition) is 2. The Morgan fingerprint density at radius 1 is 1.53 bits per heavy atom. The minimum atomic E-state index is -1.17. The number of nitrogens with one attached hydrogen (secondary N) is 1. The van der Waals surface area contributed by atoms with Gasteiger partial charge in [0.05, 0.1) is 6.33 Å². The van der Waals surface area contributed by atoms with E-state index in [2.05, 4.69) is 9.97 Å². The molecule has 0 aliphatic carbocycles. The molecular weight excluding hydrogens is 222 g/mol. The second-order valence-electron chi connectivity index (χ2n) is 4.02. The SMILES string of the molecule is CCCN(C(=O)c1nc[nH]c1C(=O)O)C(C)C. The number of carboxylic acid groups (broad SMARTS) is 1. The Hall–Kier alpha value is -1.85. The summed E-state index contributed by atoms with van der Waals surface area (Å²) >= 11 is 0. The van der Waals surface area contributed by atoms with Crippen LogP contribution in [0.2, 0.25) is 0 Å². The first-order valence-corrected chi connectivity index (χ1v) is 5.56. The molecule has 0 bridgehead atoms. The van der Waals surface area contributed by atoms with Crippen LogP contribution in [0.15, 0.2) is 6.33 Å². The number of carbonyl (C=O) groups is 2. The van der Waals surface area contributed by atoms with Crippen LogP contribution in [0.25, 0.3) is 0 Å². The van der Waals surface area contributed by atoms with Crippen molar-refractivity contribution in [1.29, 1.82) is 0 Å². The lowest BCUT2D eigenvalue weighted by Crippen LogP contribution is -2.38. The van der Waals surface area contributed by atoms with Gasteiger partial charge in [0.15, 0.2) is 11.4 Å². The van der Waals surface area contributed by atoms with Gasteiger partial charge in [-0.15, -0.1) is 0 Å². The lowest BCUT2D eigenvalue weighted by atomic mass is 10.2. The summed E-state index contributed by atoms with van der Waals surface area (Å²) in [4.78, 5) is 30.9. The maximum atomic E-state index is 12.1. The fourth-order valence-electron chi connectivity index (χ4n) is 1.59. The van der Waals surface area contributed by atoms with Crippen molar-refractivity contribution < 1.29 is 14.7 Å². The van der Waals surface area contributed by atoms with Gasteiger partial charge in [-0.3, -0.25) is 4.79 Å². The molecule has 6 heteroatoms. The number of imidazole rings is 1.